The Labute approximate surface area is 110 Å². The highest BCUT2D eigenvalue weighted by atomic mass is 32.1. The first-order chi connectivity index (χ1) is 8.61. The molecule has 0 radical (unpaired) electrons. The van der Waals surface area contributed by atoms with E-state index in [1.165, 1.54) is 16.2 Å². The number of phenols is 1. The predicted molar refractivity (Wildman–Crippen MR) is 74.5 cm³/mol. The fraction of sp³-hybridized carbons (Fsp3) is 0.214. The molecule has 1 heterocycles. The summed E-state index contributed by atoms with van der Waals surface area (Å²) in [5.41, 5.74) is 1.58. The van der Waals surface area contributed by atoms with Crippen molar-refractivity contribution in [2.24, 2.45) is 0 Å². The maximum atomic E-state index is 12.0. The molecular formula is C14H15NO2S. The lowest BCUT2D eigenvalue weighted by atomic mass is 10.2. The lowest BCUT2D eigenvalue weighted by Gasteiger charge is -2.05. The zero-order valence-corrected chi connectivity index (χ0v) is 11.2. The van der Waals surface area contributed by atoms with Crippen LogP contribution in [0.2, 0.25) is 0 Å². The quantitative estimate of drug-likeness (QED) is 0.830. The lowest BCUT2D eigenvalue weighted by Crippen LogP contribution is -2.10. The summed E-state index contributed by atoms with van der Waals surface area (Å²) in [6.07, 6.45) is 0.931. The van der Waals surface area contributed by atoms with Crippen molar-refractivity contribution in [2.45, 2.75) is 20.3 Å². The minimum absolute atomic E-state index is 0.0786. The molecule has 0 spiro atoms. The number of hydrogen-bond donors (Lipinski definition) is 2. The van der Waals surface area contributed by atoms with Gasteiger partial charge in [-0.2, -0.15) is 0 Å². The molecule has 0 aliphatic carbocycles. The summed E-state index contributed by atoms with van der Waals surface area (Å²) in [5.74, 6) is -0.0980. The number of nitrogens with one attached hydrogen (secondary N) is 1. The van der Waals surface area contributed by atoms with Crippen LogP contribution in [0, 0.1) is 6.92 Å². The van der Waals surface area contributed by atoms with Crippen molar-refractivity contribution in [1.82, 2.24) is 0 Å². The van der Waals surface area contributed by atoms with Gasteiger partial charge >= 0.3 is 0 Å². The normalized spacial score (nSPS) is 10.3. The Kier molecular flexibility index (Phi) is 3.67. The van der Waals surface area contributed by atoms with Crippen LogP contribution in [0.1, 0.15) is 27.0 Å². The standard InChI is InChI=1S/C14H15NO2S/c1-3-12-9(2)8-13(18-12)14(17)15-10-6-4-5-7-11(10)16/h4-8,16H,3H2,1-2H3,(H,15,17). The summed E-state index contributed by atoms with van der Waals surface area (Å²) in [6, 6.07) is 8.60. The minimum Gasteiger partial charge on any atom is -0.506 e. The van der Waals surface area contributed by atoms with Crippen LogP contribution in [0.15, 0.2) is 30.3 Å². The third kappa shape index (κ3) is 2.54. The Balaban J connectivity index is 2.19. The van der Waals surface area contributed by atoms with Crippen LogP contribution in [0.3, 0.4) is 0 Å². The van der Waals surface area contributed by atoms with E-state index in [2.05, 4.69) is 12.2 Å². The highest BCUT2D eigenvalue weighted by Gasteiger charge is 2.12. The van der Waals surface area contributed by atoms with Gasteiger partial charge in [-0.1, -0.05) is 19.1 Å². The van der Waals surface area contributed by atoms with Crippen molar-refractivity contribution >= 4 is 22.9 Å². The summed E-state index contributed by atoms with van der Waals surface area (Å²) >= 11 is 1.50. The van der Waals surface area contributed by atoms with Gasteiger partial charge in [0.05, 0.1) is 10.6 Å². The van der Waals surface area contributed by atoms with E-state index >= 15 is 0 Å². The number of aromatic hydroxyl groups is 1. The summed E-state index contributed by atoms with van der Waals surface area (Å²) < 4.78 is 0. The molecule has 4 heteroatoms. The summed E-state index contributed by atoms with van der Waals surface area (Å²) in [6.45, 7) is 4.08. The zero-order valence-electron chi connectivity index (χ0n) is 10.4. The molecule has 0 atom stereocenters. The van der Waals surface area contributed by atoms with Gasteiger partial charge < -0.3 is 10.4 Å². The molecule has 0 saturated heterocycles. The minimum atomic E-state index is -0.177. The number of aryl methyl sites for hydroxylation is 2. The number of para-hydroxylation sites is 2. The van der Waals surface area contributed by atoms with E-state index in [-0.39, 0.29) is 11.7 Å². The lowest BCUT2D eigenvalue weighted by molar-refractivity contribution is 0.103. The van der Waals surface area contributed by atoms with Crippen LogP contribution in [-0.2, 0) is 6.42 Å². The van der Waals surface area contributed by atoms with E-state index in [4.69, 9.17) is 0 Å². The summed E-state index contributed by atoms with van der Waals surface area (Å²) in [7, 11) is 0. The number of benzene rings is 1. The Morgan fingerprint density at radius 2 is 2.11 bits per heavy atom. The average molecular weight is 261 g/mol. The predicted octanol–water partition coefficient (Wildman–Crippen LogP) is 3.58. The second kappa shape index (κ2) is 5.23. The van der Waals surface area contributed by atoms with E-state index < -0.39 is 0 Å². The molecule has 0 fully saturated rings. The van der Waals surface area contributed by atoms with Gasteiger partial charge in [0.15, 0.2) is 0 Å². The number of rotatable bonds is 3. The molecule has 0 saturated carbocycles. The second-order valence-electron chi connectivity index (χ2n) is 4.04. The van der Waals surface area contributed by atoms with Gasteiger partial charge in [-0.25, -0.2) is 0 Å². The highest BCUT2D eigenvalue weighted by Crippen LogP contribution is 2.26. The van der Waals surface area contributed by atoms with Gasteiger partial charge in [0.2, 0.25) is 0 Å². The topological polar surface area (TPSA) is 49.3 Å². The first-order valence-electron chi connectivity index (χ1n) is 5.80. The van der Waals surface area contributed by atoms with Crippen LogP contribution in [0.25, 0.3) is 0 Å². The maximum absolute atomic E-state index is 12.0. The molecule has 2 rings (SSSR count). The van der Waals surface area contributed by atoms with Gasteiger partial charge in [-0.3, -0.25) is 4.79 Å². The average Bonchev–Trinajstić information content (AvgIpc) is 2.73. The van der Waals surface area contributed by atoms with E-state index in [1.807, 2.05) is 13.0 Å². The van der Waals surface area contributed by atoms with Crippen molar-refractivity contribution in [3.63, 3.8) is 0 Å². The molecule has 0 aliphatic heterocycles. The monoisotopic (exact) mass is 261 g/mol. The molecule has 2 N–H and O–H groups in total. The van der Waals surface area contributed by atoms with Gasteiger partial charge in [0.1, 0.15) is 5.75 Å². The molecule has 94 valence electrons. The molecule has 0 unspecified atom stereocenters. The Hall–Kier alpha value is -1.81. The number of thiophene rings is 1. The molecule has 1 aromatic heterocycles. The molecule has 18 heavy (non-hydrogen) atoms. The molecule has 0 bridgehead atoms. The number of carbonyl (C=O) groups excluding carboxylic acids is 1. The molecule has 2 aromatic rings. The van der Waals surface area contributed by atoms with Crippen molar-refractivity contribution in [3.05, 3.63) is 45.6 Å². The SMILES string of the molecule is CCc1sc(C(=O)Nc2ccccc2O)cc1C. The van der Waals surface area contributed by atoms with Crippen LogP contribution >= 0.6 is 11.3 Å². The van der Waals surface area contributed by atoms with Gasteiger partial charge in [-0.05, 0) is 37.1 Å². The fourth-order valence-corrected chi connectivity index (χ4v) is 2.76. The molecule has 0 aliphatic rings. The molecule has 3 nitrogen and oxygen atoms in total. The third-order valence-electron chi connectivity index (χ3n) is 2.72. The number of hydrogen-bond acceptors (Lipinski definition) is 3. The van der Waals surface area contributed by atoms with Crippen LogP contribution in [0.5, 0.6) is 5.75 Å². The van der Waals surface area contributed by atoms with Gasteiger partial charge in [0.25, 0.3) is 5.91 Å². The Morgan fingerprint density at radius 3 is 2.72 bits per heavy atom. The second-order valence-corrected chi connectivity index (χ2v) is 5.18. The van der Waals surface area contributed by atoms with Crippen LogP contribution in [0.4, 0.5) is 5.69 Å². The number of anilines is 1. The van der Waals surface area contributed by atoms with Gasteiger partial charge in [0, 0.05) is 4.88 Å². The molecular weight excluding hydrogens is 246 g/mol. The van der Waals surface area contributed by atoms with Crippen molar-refractivity contribution in [1.29, 1.82) is 0 Å². The maximum Gasteiger partial charge on any atom is 0.265 e. The van der Waals surface area contributed by atoms with Crippen LogP contribution < -0.4 is 5.32 Å². The number of phenolic OH excluding ortho intramolecular Hbond substituents is 1. The highest BCUT2D eigenvalue weighted by molar-refractivity contribution is 7.14. The molecule has 1 amide bonds. The van der Waals surface area contributed by atoms with Crippen LogP contribution in [-0.4, -0.2) is 11.0 Å². The summed E-state index contributed by atoms with van der Waals surface area (Å²) in [4.78, 5) is 13.9. The number of carbonyl (C=O) groups is 1. The Bertz CT molecular complexity index is 575. The Morgan fingerprint density at radius 1 is 1.39 bits per heavy atom. The largest absolute Gasteiger partial charge is 0.506 e. The summed E-state index contributed by atoms with van der Waals surface area (Å²) in [5, 5.41) is 12.3. The third-order valence-corrected chi connectivity index (χ3v) is 4.10. The van der Waals surface area contributed by atoms with E-state index in [1.54, 1.807) is 24.3 Å². The fourth-order valence-electron chi connectivity index (χ4n) is 1.75. The smallest absolute Gasteiger partial charge is 0.265 e. The van der Waals surface area contributed by atoms with E-state index in [0.29, 0.717) is 10.6 Å². The zero-order chi connectivity index (χ0) is 13.1. The molecule has 1 aromatic carbocycles. The number of amides is 1. The van der Waals surface area contributed by atoms with Crippen molar-refractivity contribution in [2.75, 3.05) is 5.32 Å². The first kappa shape index (κ1) is 12.6. The van der Waals surface area contributed by atoms with E-state index in [0.717, 1.165) is 12.0 Å². The van der Waals surface area contributed by atoms with Gasteiger partial charge in [-0.15, -0.1) is 11.3 Å². The van der Waals surface area contributed by atoms with Crippen molar-refractivity contribution < 1.29 is 9.90 Å². The first-order valence-corrected chi connectivity index (χ1v) is 6.62. The van der Waals surface area contributed by atoms with E-state index in [9.17, 15) is 9.90 Å². The van der Waals surface area contributed by atoms with Crippen molar-refractivity contribution in [3.8, 4) is 5.75 Å².